The third kappa shape index (κ3) is 5.21. The minimum absolute atomic E-state index is 0.0161. The van der Waals surface area contributed by atoms with Crippen LogP contribution in [0.25, 0.3) is 0 Å². The Hall–Kier alpha value is -3.30. The lowest BCUT2D eigenvalue weighted by molar-refractivity contribution is -0.146. The van der Waals surface area contributed by atoms with Crippen LogP contribution in [-0.4, -0.2) is 62.7 Å². The highest BCUT2D eigenvalue weighted by Crippen LogP contribution is 2.29. The molecule has 1 aromatic carbocycles. The second kappa shape index (κ2) is 9.39. The molecule has 188 valence electrons. The fourth-order valence-electron chi connectivity index (χ4n) is 3.57. The Morgan fingerprint density at radius 3 is 2.57 bits per heavy atom. The van der Waals surface area contributed by atoms with Gasteiger partial charge in [0.1, 0.15) is 12.4 Å². The molecule has 2 aromatic heterocycles. The van der Waals surface area contributed by atoms with Gasteiger partial charge in [-0.3, -0.25) is 9.48 Å². The number of nitrogens with zero attached hydrogens (tertiary/aromatic N) is 5. The van der Waals surface area contributed by atoms with Gasteiger partial charge in [-0.25, -0.2) is 4.39 Å². The van der Waals surface area contributed by atoms with E-state index >= 15 is 0 Å². The van der Waals surface area contributed by atoms with E-state index in [1.54, 1.807) is 0 Å². The molecule has 0 aliphatic carbocycles. The average molecular weight is 517 g/mol. The normalized spacial score (nSPS) is 14.8. The lowest BCUT2D eigenvalue weighted by atomic mass is 10.1. The summed E-state index contributed by atoms with van der Waals surface area (Å²) in [6, 6.07) is 6.47. The second-order valence-corrected chi connectivity index (χ2v) is 9.38. The standard InChI is InChI=1S/C20H19F4N5O5S/c21-15-4-2-1-3-14(15)18(34-8-7-30)19(31)27-9-13-10-29(25-16(13)11-27)35(32,33)17-5-6-28(26-17)12-20(22,23)24/h1-6,10,18,30H,7-9,11-12H2/t18-/m1/s1. The van der Waals surface area contributed by atoms with E-state index in [0.717, 1.165) is 18.5 Å². The third-order valence-corrected chi connectivity index (χ3v) is 6.55. The summed E-state index contributed by atoms with van der Waals surface area (Å²) in [5, 5.41) is 15.9. The second-order valence-electron chi connectivity index (χ2n) is 7.64. The molecule has 0 fully saturated rings. The number of amides is 1. The molecule has 0 radical (unpaired) electrons. The van der Waals surface area contributed by atoms with Crippen LogP contribution in [0.5, 0.6) is 0 Å². The third-order valence-electron chi connectivity index (χ3n) is 5.13. The fourth-order valence-corrected chi connectivity index (χ4v) is 4.68. The van der Waals surface area contributed by atoms with E-state index < -0.39 is 45.6 Å². The molecule has 1 aliphatic heterocycles. The van der Waals surface area contributed by atoms with Crippen LogP contribution in [0.2, 0.25) is 0 Å². The van der Waals surface area contributed by atoms with Gasteiger partial charge in [0.15, 0.2) is 11.1 Å². The predicted molar refractivity (Wildman–Crippen MR) is 110 cm³/mol. The summed E-state index contributed by atoms with van der Waals surface area (Å²) in [5.74, 6) is -1.27. The summed E-state index contributed by atoms with van der Waals surface area (Å²) < 4.78 is 83.9. The van der Waals surface area contributed by atoms with Crippen molar-refractivity contribution in [2.24, 2.45) is 0 Å². The molecule has 3 heterocycles. The number of aromatic nitrogens is 4. The summed E-state index contributed by atoms with van der Waals surface area (Å²) in [6.07, 6.45) is -3.86. The van der Waals surface area contributed by atoms with Gasteiger partial charge in [-0.05, 0) is 12.1 Å². The van der Waals surface area contributed by atoms with E-state index in [-0.39, 0.29) is 37.6 Å². The molecule has 0 bridgehead atoms. The highest BCUT2D eigenvalue weighted by atomic mass is 32.2. The van der Waals surface area contributed by atoms with E-state index in [1.807, 2.05) is 0 Å². The van der Waals surface area contributed by atoms with Crippen molar-refractivity contribution in [3.05, 3.63) is 65.4 Å². The van der Waals surface area contributed by atoms with Gasteiger partial charge >= 0.3 is 16.2 Å². The van der Waals surface area contributed by atoms with Crippen LogP contribution in [0.15, 0.2) is 47.8 Å². The van der Waals surface area contributed by atoms with Gasteiger partial charge < -0.3 is 14.7 Å². The number of carbonyl (C=O) groups is 1. The van der Waals surface area contributed by atoms with Crippen molar-refractivity contribution in [3.63, 3.8) is 0 Å². The van der Waals surface area contributed by atoms with Crippen molar-refractivity contribution < 1.29 is 40.6 Å². The first kappa shape index (κ1) is 24.8. The number of fused-ring (bicyclic) bond motifs is 1. The van der Waals surface area contributed by atoms with Crippen LogP contribution >= 0.6 is 0 Å². The number of hydrogen-bond donors (Lipinski definition) is 1. The van der Waals surface area contributed by atoms with Crippen LogP contribution in [-0.2, 0) is 39.2 Å². The van der Waals surface area contributed by atoms with Crippen LogP contribution < -0.4 is 0 Å². The Bertz CT molecular complexity index is 1310. The highest BCUT2D eigenvalue weighted by molar-refractivity contribution is 7.89. The quantitative estimate of drug-likeness (QED) is 0.451. The highest BCUT2D eigenvalue weighted by Gasteiger charge is 2.35. The Labute approximate surface area is 196 Å². The van der Waals surface area contributed by atoms with Gasteiger partial charge in [0.05, 0.1) is 25.5 Å². The van der Waals surface area contributed by atoms with Crippen LogP contribution in [0.1, 0.15) is 22.9 Å². The van der Waals surface area contributed by atoms with Crippen LogP contribution in [0.4, 0.5) is 17.6 Å². The molecule has 0 saturated heterocycles. The number of benzene rings is 1. The topological polar surface area (TPSA) is 120 Å². The number of hydrogen-bond acceptors (Lipinski definition) is 7. The number of aliphatic hydroxyl groups excluding tert-OH is 1. The van der Waals surface area contributed by atoms with Gasteiger partial charge in [-0.1, -0.05) is 18.2 Å². The molecule has 3 aromatic rings. The molecule has 0 saturated carbocycles. The summed E-state index contributed by atoms with van der Waals surface area (Å²) in [6.45, 7) is -2.21. The van der Waals surface area contributed by atoms with Crippen LogP contribution in [0.3, 0.4) is 0 Å². The van der Waals surface area contributed by atoms with Gasteiger partial charge in [0.25, 0.3) is 5.91 Å². The minimum atomic E-state index is -4.57. The molecular formula is C20H19F4N5O5S. The molecular weight excluding hydrogens is 498 g/mol. The Morgan fingerprint density at radius 2 is 1.91 bits per heavy atom. The number of carbonyl (C=O) groups excluding carboxylic acids is 1. The molecule has 1 amide bonds. The lowest BCUT2D eigenvalue weighted by Gasteiger charge is -2.24. The van der Waals surface area contributed by atoms with E-state index in [0.29, 0.717) is 14.3 Å². The molecule has 35 heavy (non-hydrogen) atoms. The zero-order chi connectivity index (χ0) is 25.4. The van der Waals surface area contributed by atoms with Gasteiger partial charge in [-0.2, -0.15) is 35.9 Å². The molecule has 10 nitrogen and oxygen atoms in total. The molecule has 1 aliphatic rings. The van der Waals surface area contributed by atoms with Crippen molar-refractivity contribution in [2.45, 2.75) is 36.9 Å². The summed E-state index contributed by atoms with van der Waals surface area (Å²) in [7, 11) is -4.37. The van der Waals surface area contributed by atoms with E-state index in [9.17, 15) is 30.8 Å². The SMILES string of the molecule is O=C([C@H](OCCO)c1ccccc1F)N1Cc2cn(S(=O)(=O)c3ccn(CC(F)(F)F)n3)nc2C1. The smallest absolute Gasteiger partial charge is 0.394 e. The zero-order valence-corrected chi connectivity index (χ0v) is 18.7. The summed E-state index contributed by atoms with van der Waals surface area (Å²) in [5.41, 5.74) is 0.606. The summed E-state index contributed by atoms with van der Waals surface area (Å²) in [4.78, 5) is 14.4. The maximum absolute atomic E-state index is 14.3. The molecule has 4 rings (SSSR count). The first-order valence-corrected chi connectivity index (χ1v) is 11.6. The number of ether oxygens (including phenoxy) is 1. The summed E-state index contributed by atoms with van der Waals surface area (Å²) >= 11 is 0. The monoisotopic (exact) mass is 517 g/mol. The molecule has 15 heteroatoms. The Balaban J connectivity index is 1.52. The van der Waals surface area contributed by atoms with Gasteiger partial charge in [0.2, 0.25) is 0 Å². The minimum Gasteiger partial charge on any atom is -0.394 e. The van der Waals surface area contributed by atoms with Crippen LogP contribution in [0, 0.1) is 5.82 Å². The molecule has 1 atom stereocenters. The molecule has 1 N–H and O–H groups in total. The van der Waals surface area contributed by atoms with Crippen molar-refractivity contribution >= 4 is 15.9 Å². The average Bonchev–Trinajstić information content (AvgIpc) is 3.49. The largest absolute Gasteiger partial charge is 0.408 e. The molecule has 0 spiro atoms. The van der Waals surface area contributed by atoms with Crippen molar-refractivity contribution in [3.8, 4) is 0 Å². The predicted octanol–water partition coefficient (Wildman–Crippen LogP) is 1.61. The first-order valence-electron chi connectivity index (χ1n) is 10.2. The van der Waals surface area contributed by atoms with E-state index in [1.165, 1.54) is 29.2 Å². The Kier molecular flexibility index (Phi) is 6.66. The Morgan fingerprint density at radius 1 is 1.17 bits per heavy atom. The van der Waals surface area contributed by atoms with E-state index in [2.05, 4.69) is 10.2 Å². The molecule has 0 unspecified atom stereocenters. The van der Waals surface area contributed by atoms with E-state index in [4.69, 9.17) is 9.84 Å². The number of rotatable bonds is 8. The maximum atomic E-state index is 14.3. The van der Waals surface area contributed by atoms with Gasteiger partial charge in [-0.15, -0.1) is 0 Å². The first-order chi connectivity index (χ1) is 16.5. The maximum Gasteiger partial charge on any atom is 0.408 e. The van der Waals surface area contributed by atoms with Gasteiger partial charge in [0, 0.05) is 30.1 Å². The number of alkyl halides is 3. The fraction of sp³-hybridized carbons (Fsp3) is 0.350. The van der Waals surface area contributed by atoms with Crippen molar-refractivity contribution in [2.75, 3.05) is 13.2 Å². The zero-order valence-electron chi connectivity index (χ0n) is 17.9. The van der Waals surface area contributed by atoms with Crippen molar-refractivity contribution in [1.29, 1.82) is 0 Å². The van der Waals surface area contributed by atoms with Crippen molar-refractivity contribution in [1.82, 2.24) is 23.9 Å². The lowest BCUT2D eigenvalue weighted by Crippen LogP contribution is -2.33. The number of aliphatic hydroxyl groups is 1. The number of halogens is 4.